The topological polar surface area (TPSA) is 84.6 Å². The minimum Gasteiger partial charge on any atom is -0.393 e. The first-order valence-electron chi connectivity index (χ1n) is 9.11. The number of carbonyl (C=O) groups is 2. The molecule has 1 heterocycles. The Morgan fingerprint density at radius 3 is 2.42 bits per heavy atom. The maximum Gasteiger partial charge on any atom is 0.417 e. The van der Waals surface area contributed by atoms with Crippen LogP contribution in [-0.2, 0) is 16.5 Å². The minimum absolute atomic E-state index is 0.311. The van der Waals surface area contributed by atoms with E-state index < -0.39 is 41.4 Å². The number of nitriles is 1. The van der Waals surface area contributed by atoms with Crippen molar-refractivity contribution < 1.29 is 27.9 Å². The lowest BCUT2D eigenvalue weighted by Gasteiger charge is -2.31. The van der Waals surface area contributed by atoms with E-state index in [0.29, 0.717) is 16.5 Å². The molecule has 0 bridgehead atoms. The summed E-state index contributed by atoms with van der Waals surface area (Å²) in [5.74, 6) is -0.897. The third kappa shape index (κ3) is 3.25. The van der Waals surface area contributed by atoms with E-state index in [1.165, 1.54) is 13.1 Å². The quantitative estimate of drug-likeness (QED) is 0.749. The number of carbonyl (C=O) groups excluding carboxylic acids is 2. The molecule has 2 aromatic carbocycles. The maximum absolute atomic E-state index is 13.4. The largest absolute Gasteiger partial charge is 0.417 e. The smallest absolute Gasteiger partial charge is 0.393 e. The number of amides is 3. The molecule has 31 heavy (non-hydrogen) atoms. The first kappa shape index (κ1) is 22.1. The summed E-state index contributed by atoms with van der Waals surface area (Å²) in [5.41, 5.74) is -2.21. The average molecular weight is 429 g/mol. The highest BCUT2D eigenvalue weighted by Crippen LogP contribution is 2.41. The zero-order valence-corrected chi connectivity index (χ0v) is 16.7. The van der Waals surface area contributed by atoms with E-state index >= 15 is 0 Å². The number of alkyl halides is 3. The summed E-state index contributed by atoms with van der Waals surface area (Å²) in [6, 6.07) is 7.99. The molecule has 0 radical (unpaired) electrons. The zero-order chi connectivity index (χ0) is 23.1. The molecule has 1 saturated heterocycles. The van der Waals surface area contributed by atoms with Crippen LogP contribution in [0.4, 0.5) is 23.7 Å². The van der Waals surface area contributed by atoms with Crippen molar-refractivity contribution in [3.8, 4) is 6.07 Å². The second-order valence-electron chi connectivity index (χ2n) is 7.12. The van der Waals surface area contributed by atoms with Gasteiger partial charge in [-0.1, -0.05) is 30.9 Å². The molecular formula is C22H18F3N3O3. The van der Waals surface area contributed by atoms with Crippen molar-refractivity contribution in [3.05, 3.63) is 70.8 Å². The molecule has 0 saturated carbocycles. The van der Waals surface area contributed by atoms with Crippen molar-refractivity contribution in [1.82, 2.24) is 4.90 Å². The number of aryl methyl sites for hydroxylation is 1. The molecule has 3 amide bonds. The number of hydrogen-bond acceptors (Lipinski definition) is 4. The fourth-order valence-electron chi connectivity index (χ4n) is 3.70. The lowest BCUT2D eigenvalue weighted by molar-refractivity contribution is -0.137. The number of nitrogens with zero attached hydrogens (tertiary/aromatic N) is 3. The van der Waals surface area contributed by atoms with Gasteiger partial charge in [0.2, 0.25) is 0 Å². The average Bonchev–Trinajstić information content (AvgIpc) is 2.92. The first-order valence-corrected chi connectivity index (χ1v) is 9.11. The van der Waals surface area contributed by atoms with Gasteiger partial charge in [0, 0.05) is 7.05 Å². The van der Waals surface area contributed by atoms with Crippen molar-refractivity contribution in [1.29, 1.82) is 5.26 Å². The Morgan fingerprint density at radius 1 is 1.23 bits per heavy atom. The number of aliphatic hydroxyl groups is 1. The van der Waals surface area contributed by atoms with E-state index in [1.54, 1.807) is 31.2 Å². The van der Waals surface area contributed by atoms with Gasteiger partial charge in [-0.25, -0.2) is 9.69 Å². The van der Waals surface area contributed by atoms with Crippen molar-refractivity contribution in [2.75, 3.05) is 18.6 Å². The molecule has 6 nitrogen and oxygen atoms in total. The van der Waals surface area contributed by atoms with Gasteiger partial charge in [-0.15, -0.1) is 0 Å². The Balaban J connectivity index is 2.17. The molecular weight excluding hydrogens is 411 g/mol. The summed E-state index contributed by atoms with van der Waals surface area (Å²) in [7, 11) is 1.29. The first-order chi connectivity index (χ1) is 14.5. The van der Waals surface area contributed by atoms with Crippen LogP contribution in [0.2, 0.25) is 0 Å². The molecule has 1 atom stereocenters. The minimum atomic E-state index is -4.86. The number of hydrogen-bond donors (Lipinski definition) is 1. The van der Waals surface area contributed by atoms with Gasteiger partial charge in [0.15, 0.2) is 5.54 Å². The SMILES string of the molecule is C=Cc1ccc(C2(CO)C(=O)N(c3ccc(C#N)c(C(F)(F)F)c3)C(=O)N2C)cc1C. The lowest BCUT2D eigenvalue weighted by atomic mass is 9.87. The maximum atomic E-state index is 13.4. The van der Waals surface area contributed by atoms with Crippen LogP contribution in [0.25, 0.3) is 6.08 Å². The van der Waals surface area contributed by atoms with Crippen molar-refractivity contribution in [2.24, 2.45) is 0 Å². The normalized spacial score (nSPS) is 19.0. The molecule has 1 N–H and O–H groups in total. The van der Waals surface area contributed by atoms with Crippen LogP contribution in [0.5, 0.6) is 0 Å². The van der Waals surface area contributed by atoms with E-state index in [2.05, 4.69) is 6.58 Å². The standard InChI is InChI=1S/C22H18F3N3O3/c1-4-14-5-7-16(9-13(14)2)21(12-29)19(30)28(20(31)27(21)3)17-8-6-15(11-26)18(10-17)22(23,24)25/h4-10,29H,1,12H2,2-3H3. The number of imide groups is 1. The molecule has 0 aromatic heterocycles. The summed E-state index contributed by atoms with van der Waals surface area (Å²) >= 11 is 0. The van der Waals surface area contributed by atoms with Crippen LogP contribution >= 0.6 is 0 Å². The summed E-state index contributed by atoms with van der Waals surface area (Å²) in [6.45, 7) is 4.68. The van der Waals surface area contributed by atoms with Crippen LogP contribution in [0.3, 0.4) is 0 Å². The van der Waals surface area contributed by atoms with Gasteiger partial charge in [0.1, 0.15) is 0 Å². The molecule has 0 spiro atoms. The molecule has 3 rings (SSSR count). The fraction of sp³-hybridized carbons (Fsp3) is 0.227. The predicted molar refractivity (Wildman–Crippen MR) is 107 cm³/mol. The molecule has 1 aliphatic rings. The molecule has 1 unspecified atom stereocenters. The van der Waals surface area contributed by atoms with Crippen LogP contribution in [0.1, 0.15) is 27.8 Å². The van der Waals surface area contributed by atoms with Crippen molar-refractivity contribution in [3.63, 3.8) is 0 Å². The van der Waals surface area contributed by atoms with Gasteiger partial charge in [0.05, 0.1) is 29.5 Å². The summed E-state index contributed by atoms with van der Waals surface area (Å²) < 4.78 is 40.1. The van der Waals surface area contributed by atoms with Gasteiger partial charge >= 0.3 is 12.2 Å². The highest BCUT2D eigenvalue weighted by molar-refractivity contribution is 6.23. The van der Waals surface area contributed by atoms with Crippen molar-refractivity contribution >= 4 is 23.7 Å². The van der Waals surface area contributed by atoms with Gasteiger partial charge < -0.3 is 10.0 Å². The molecule has 1 fully saturated rings. The third-order valence-electron chi connectivity index (χ3n) is 5.49. The van der Waals surface area contributed by atoms with Crippen LogP contribution in [0.15, 0.2) is 43.0 Å². The second kappa shape index (κ2) is 7.56. The van der Waals surface area contributed by atoms with Gasteiger partial charge in [-0.05, 0) is 41.8 Å². The Morgan fingerprint density at radius 2 is 1.90 bits per heavy atom. The lowest BCUT2D eigenvalue weighted by Crippen LogP contribution is -2.48. The monoisotopic (exact) mass is 429 g/mol. The van der Waals surface area contributed by atoms with Gasteiger partial charge in [-0.2, -0.15) is 18.4 Å². The Bertz CT molecular complexity index is 1140. The summed E-state index contributed by atoms with van der Waals surface area (Å²) in [6.07, 6.45) is -3.25. The van der Waals surface area contributed by atoms with E-state index in [1.807, 2.05) is 0 Å². The number of rotatable bonds is 4. The summed E-state index contributed by atoms with van der Waals surface area (Å²) in [5, 5.41) is 19.2. The molecule has 9 heteroatoms. The van der Waals surface area contributed by atoms with Crippen LogP contribution < -0.4 is 4.90 Å². The van der Waals surface area contributed by atoms with Gasteiger partial charge in [0.25, 0.3) is 5.91 Å². The van der Waals surface area contributed by atoms with Crippen molar-refractivity contribution in [2.45, 2.75) is 18.6 Å². The number of halogens is 3. The van der Waals surface area contributed by atoms with E-state index in [0.717, 1.165) is 28.2 Å². The van der Waals surface area contributed by atoms with Crippen LogP contribution in [-0.4, -0.2) is 35.6 Å². The predicted octanol–water partition coefficient (Wildman–Crippen LogP) is 3.81. The molecule has 160 valence electrons. The zero-order valence-electron chi connectivity index (χ0n) is 16.7. The molecule has 2 aromatic rings. The number of benzene rings is 2. The third-order valence-corrected chi connectivity index (χ3v) is 5.49. The number of urea groups is 1. The van der Waals surface area contributed by atoms with E-state index in [4.69, 9.17) is 5.26 Å². The fourth-order valence-corrected chi connectivity index (χ4v) is 3.70. The number of anilines is 1. The van der Waals surface area contributed by atoms with Crippen LogP contribution in [0, 0.1) is 18.3 Å². The van der Waals surface area contributed by atoms with E-state index in [9.17, 15) is 27.9 Å². The van der Waals surface area contributed by atoms with E-state index in [-0.39, 0.29) is 5.69 Å². The Hall–Kier alpha value is -3.64. The summed E-state index contributed by atoms with van der Waals surface area (Å²) in [4.78, 5) is 27.9. The number of likely N-dealkylation sites (N-methyl/N-ethyl adjacent to an activating group) is 1. The Labute approximate surface area is 176 Å². The highest BCUT2D eigenvalue weighted by Gasteiger charge is 2.57. The highest BCUT2D eigenvalue weighted by atomic mass is 19.4. The second-order valence-corrected chi connectivity index (χ2v) is 7.12. The Kier molecular flexibility index (Phi) is 5.38. The molecule has 0 aliphatic carbocycles. The molecule has 1 aliphatic heterocycles. The number of aliphatic hydroxyl groups excluding tert-OH is 1. The van der Waals surface area contributed by atoms with Gasteiger partial charge in [-0.3, -0.25) is 4.79 Å².